The van der Waals surface area contributed by atoms with E-state index in [1.54, 1.807) is 0 Å². The highest BCUT2D eigenvalue weighted by molar-refractivity contribution is 7.93. The Morgan fingerprint density at radius 1 is 1.14 bits per heavy atom. The van der Waals surface area contributed by atoms with Gasteiger partial charge in [-0.25, -0.2) is 11.2 Å². The van der Waals surface area contributed by atoms with E-state index in [1.165, 1.54) is 32.1 Å². The summed E-state index contributed by atoms with van der Waals surface area (Å²) in [5, 5.41) is 3.23. The molecule has 0 aromatic rings. The van der Waals surface area contributed by atoms with Crippen molar-refractivity contribution in [3.05, 3.63) is 0 Å². The smallest absolute Gasteiger partial charge is 0.0446 e. The van der Waals surface area contributed by atoms with Crippen molar-refractivity contribution in [2.75, 3.05) is 0 Å². The summed E-state index contributed by atoms with van der Waals surface area (Å²) in [6.07, 6.45) is 6.53. The quantitative estimate of drug-likeness (QED) is 0.447. The SMILES string of the molecule is C=[S-](=CCC)C(CC)CCC(C)CC. The molecule has 0 aliphatic heterocycles. The highest BCUT2D eigenvalue weighted by atomic mass is 32.2. The van der Waals surface area contributed by atoms with Crippen LogP contribution in [0.15, 0.2) is 0 Å². The lowest BCUT2D eigenvalue weighted by Gasteiger charge is -2.25. The first kappa shape index (κ1) is 14.1. The zero-order valence-corrected chi connectivity index (χ0v) is 11.2. The van der Waals surface area contributed by atoms with Gasteiger partial charge in [-0.1, -0.05) is 59.8 Å². The molecule has 0 saturated heterocycles. The van der Waals surface area contributed by atoms with Crippen LogP contribution in [0.5, 0.6) is 0 Å². The fourth-order valence-corrected chi connectivity index (χ4v) is 3.16. The van der Waals surface area contributed by atoms with Crippen LogP contribution in [-0.4, -0.2) is 16.5 Å². The average molecular weight is 215 g/mol. The van der Waals surface area contributed by atoms with Gasteiger partial charge >= 0.3 is 0 Å². The summed E-state index contributed by atoms with van der Waals surface area (Å²) >= 11 is 0. The molecule has 0 aliphatic rings. The molecule has 0 nitrogen and oxygen atoms in total. The van der Waals surface area contributed by atoms with Gasteiger partial charge in [0.05, 0.1) is 0 Å². The predicted octanol–water partition coefficient (Wildman–Crippen LogP) is 3.85. The van der Waals surface area contributed by atoms with E-state index in [9.17, 15) is 0 Å². The van der Waals surface area contributed by atoms with Crippen molar-refractivity contribution in [3.63, 3.8) is 0 Å². The maximum absolute atomic E-state index is 4.27. The molecule has 0 aromatic heterocycles. The minimum absolute atomic E-state index is 0.299. The minimum atomic E-state index is 0.299. The average Bonchev–Trinajstić information content (AvgIpc) is 2.18. The molecule has 0 rings (SSSR count). The molecule has 2 atom stereocenters. The largest absolute Gasteiger partial charge is 0.479 e. The van der Waals surface area contributed by atoms with Crippen LogP contribution in [-0.2, 0) is 10.1 Å². The van der Waals surface area contributed by atoms with Gasteiger partial charge in [0.1, 0.15) is 0 Å². The molecule has 0 radical (unpaired) electrons. The van der Waals surface area contributed by atoms with Gasteiger partial charge in [0.15, 0.2) is 0 Å². The van der Waals surface area contributed by atoms with Gasteiger partial charge in [-0.2, -0.15) is 0 Å². The van der Waals surface area contributed by atoms with Crippen LogP contribution in [0.25, 0.3) is 0 Å². The Kier molecular flexibility index (Phi) is 8.46. The predicted molar refractivity (Wildman–Crippen MR) is 73.6 cm³/mol. The third kappa shape index (κ3) is 5.74. The van der Waals surface area contributed by atoms with Crippen molar-refractivity contribution >= 4 is 21.3 Å². The van der Waals surface area contributed by atoms with Crippen molar-refractivity contribution in [1.82, 2.24) is 0 Å². The van der Waals surface area contributed by atoms with E-state index in [1.807, 2.05) is 0 Å². The van der Waals surface area contributed by atoms with Crippen molar-refractivity contribution < 1.29 is 0 Å². The van der Waals surface area contributed by atoms with Crippen LogP contribution in [0.4, 0.5) is 0 Å². The Labute approximate surface area is 92.6 Å². The molecule has 0 aromatic carbocycles. The van der Waals surface area contributed by atoms with E-state index >= 15 is 0 Å². The standard InChI is InChI=1S/C13H27S/c1-6-11-14(5)13(8-3)10-9-12(4)7-2/h11-13H,5-10H2,1-4H3/q-1. The Morgan fingerprint density at radius 3 is 2.21 bits per heavy atom. The fourth-order valence-electron chi connectivity index (χ4n) is 1.59. The van der Waals surface area contributed by atoms with Crippen molar-refractivity contribution in [2.45, 2.75) is 65.0 Å². The molecule has 1 heteroatoms. The summed E-state index contributed by atoms with van der Waals surface area (Å²) in [5.74, 6) is 5.17. The molecule has 86 valence electrons. The van der Waals surface area contributed by atoms with E-state index < -0.39 is 0 Å². The molecule has 0 spiro atoms. The van der Waals surface area contributed by atoms with Crippen molar-refractivity contribution in [2.24, 2.45) is 5.92 Å². The van der Waals surface area contributed by atoms with Gasteiger partial charge in [0.25, 0.3) is 0 Å². The first-order chi connectivity index (χ1) is 6.65. The lowest BCUT2D eigenvalue weighted by Crippen LogP contribution is -2.11. The van der Waals surface area contributed by atoms with E-state index in [0.29, 0.717) is 10.1 Å². The molecule has 0 saturated carbocycles. The lowest BCUT2D eigenvalue weighted by molar-refractivity contribution is 0.487. The molecule has 0 aliphatic carbocycles. The van der Waals surface area contributed by atoms with E-state index in [2.05, 4.69) is 38.9 Å². The third-order valence-corrected chi connectivity index (χ3v) is 5.13. The first-order valence-corrected chi connectivity index (χ1v) is 7.52. The molecule has 2 unspecified atom stereocenters. The summed E-state index contributed by atoms with van der Waals surface area (Å²) in [5.41, 5.74) is 0. The second-order valence-corrected chi connectivity index (χ2v) is 6.10. The fraction of sp³-hybridized carbons (Fsp3) is 0.846. The van der Waals surface area contributed by atoms with Crippen LogP contribution >= 0.6 is 0 Å². The lowest BCUT2D eigenvalue weighted by atomic mass is 10.0. The van der Waals surface area contributed by atoms with Gasteiger partial charge in [-0.15, -0.1) is 5.25 Å². The maximum atomic E-state index is 4.27. The Hall–Kier alpha value is 0.0900. The minimum Gasteiger partial charge on any atom is -0.479 e. The normalized spacial score (nSPS) is 18.0. The van der Waals surface area contributed by atoms with Crippen molar-refractivity contribution in [1.29, 1.82) is 0 Å². The molecule has 0 N–H and O–H groups in total. The monoisotopic (exact) mass is 215 g/mol. The van der Waals surface area contributed by atoms with Crippen molar-refractivity contribution in [3.8, 4) is 0 Å². The van der Waals surface area contributed by atoms with Crippen LogP contribution in [0.2, 0.25) is 0 Å². The van der Waals surface area contributed by atoms with Crippen LogP contribution in [0.1, 0.15) is 59.8 Å². The summed E-state index contributed by atoms with van der Waals surface area (Å²) in [6.45, 7) is 9.16. The van der Waals surface area contributed by atoms with Gasteiger partial charge in [-0.05, 0) is 5.92 Å². The number of hydrogen-bond acceptors (Lipinski definition) is 1. The highest BCUT2D eigenvalue weighted by Crippen LogP contribution is 2.14. The Morgan fingerprint density at radius 2 is 1.79 bits per heavy atom. The molecule has 0 heterocycles. The highest BCUT2D eigenvalue weighted by Gasteiger charge is 2.00. The molecular weight excluding hydrogens is 188 g/mol. The molecule has 0 fully saturated rings. The van der Waals surface area contributed by atoms with Gasteiger partial charge in [0.2, 0.25) is 0 Å². The Bertz CT molecular complexity index is 199. The topological polar surface area (TPSA) is 0 Å². The summed E-state index contributed by atoms with van der Waals surface area (Å²) < 4.78 is 0. The summed E-state index contributed by atoms with van der Waals surface area (Å²) in [4.78, 5) is 0. The van der Waals surface area contributed by atoms with Gasteiger partial charge in [-0.3, -0.25) is 0 Å². The zero-order valence-electron chi connectivity index (χ0n) is 10.4. The number of rotatable bonds is 7. The number of hydrogen-bond donors (Lipinski definition) is 0. The van der Waals surface area contributed by atoms with Gasteiger partial charge < -0.3 is 10.1 Å². The van der Waals surface area contributed by atoms with Crippen LogP contribution in [0.3, 0.4) is 0 Å². The molecule has 14 heavy (non-hydrogen) atoms. The second-order valence-electron chi connectivity index (χ2n) is 4.17. The maximum Gasteiger partial charge on any atom is -0.0446 e. The Balaban J connectivity index is 4.03. The van der Waals surface area contributed by atoms with Crippen LogP contribution < -0.4 is 0 Å². The second kappa shape index (κ2) is 8.40. The zero-order chi connectivity index (χ0) is 11.0. The van der Waals surface area contributed by atoms with E-state index in [-0.39, 0.29) is 0 Å². The summed E-state index contributed by atoms with van der Waals surface area (Å²) in [7, 11) is 0.299. The summed E-state index contributed by atoms with van der Waals surface area (Å²) in [6, 6.07) is 0. The molecular formula is C13H27S-. The first-order valence-electron chi connectivity index (χ1n) is 6.00. The molecule has 0 amide bonds. The third-order valence-electron chi connectivity index (χ3n) is 2.94. The van der Waals surface area contributed by atoms with E-state index in [4.69, 9.17) is 0 Å². The van der Waals surface area contributed by atoms with Gasteiger partial charge in [0, 0.05) is 0 Å². The molecule has 0 bridgehead atoms. The van der Waals surface area contributed by atoms with Crippen LogP contribution in [0, 0.1) is 5.92 Å². The van der Waals surface area contributed by atoms with E-state index in [0.717, 1.165) is 11.2 Å².